The third kappa shape index (κ3) is 4.33. The first-order chi connectivity index (χ1) is 12.9. The summed E-state index contributed by atoms with van der Waals surface area (Å²) < 4.78 is 7.34. The van der Waals surface area contributed by atoms with Crippen molar-refractivity contribution in [3.8, 4) is 0 Å². The van der Waals surface area contributed by atoms with Gasteiger partial charge in [0.1, 0.15) is 0 Å². The lowest BCUT2D eigenvalue weighted by atomic mass is 10.0. The highest BCUT2D eigenvalue weighted by Gasteiger charge is 2.18. The summed E-state index contributed by atoms with van der Waals surface area (Å²) in [5.41, 5.74) is 6.40. The number of hydrogen-bond donors (Lipinski definition) is 1. The quantitative estimate of drug-likeness (QED) is 0.879. The Morgan fingerprint density at radius 3 is 2.59 bits per heavy atom. The van der Waals surface area contributed by atoms with Gasteiger partial charge in [-0.25, -0.2) is 0 Å². The van der Waals surface area contributed by atoms with E-state index in [1.165, 1.54) is 11.1 Å². The Balaban J connectivity index is 1.70. The van der Waals surface area contributed by atoms with Crippen LogP contribution in [0.15, 0.2) is 18.2 Å². The molecule has 6 heteroatoms. The maximum absolute atomic E-state index is 12.8. The van der Waals surface area contributed by atoms with Crippen LogP contribution in [0.25, 0.3) is 0 Å². The molecule has 3 rings (SSSR count). The molecule has 0 bridgehead atoms. The van der Waals surface area contributed by atoms with E-state index in [1.54, 1.807) is 0 Å². The van der Waals surface area contributed by atoms with Crippen molar-refractivity contribution in [1.82, 2.24) is 15.1 Å². The molecule has 1 aliphatic heterocycles. The van der Waals surface area contributed by atoms with Gasteiger partial charge in [-0.2, -0.15) is 5.10 Å². The second-order valence-corrected chi connectivity index (χ2v) is 7.45. The van der Waals surface area contributed by atoms with E-state index in [1.807, 2.05) is 43.8 Å². The lowest BCUT2D eigenvalue weighted by molar-refractivity contribution is 0.0940. The lowest BCUT2D eigenvalue weighted by Crippen LogP contribution is -2.37. The number of morpholine rings is 1. The molecule has 0 unspecified atom stereocenters. The Morgan fingerprint density at radius 1 is 1.26 bits per heavy atom. The molecule has 0 saturated carbocycles. The van der Waals surface area contributed by atoms with Crippen molar-refractivity contribution in [1.29, 1.82) is 0 Å². The van der Waals surface area contributed by atoms with E-state index in [2.05, 4.69) is 29.2 Å². The van der Waals surface area contributed by atoms with E-state index in [9.17, 15) is 4.79 Å². The number of carbonyl (C=O) groups excluding carboxylic acids is 1. The zero-order valence-corrected chi connectivity index (χ0v) is 17.0. The lowest BCUT2D eigenvalue weighted by Gasteiger charge is -2.30. The fourth-order valence-electron chi connectivity index (χ4n) is 3.67. The van der Waals surface area contributed by atoms with Crippen LogP contribution in [0, 0.1) is 20.8 Å². The largest absolute Gasteiger partial charge is 0.378 e. The monoisotopic (exact) mass is 370 g/mol. The van der Waals surface area contributed by atoms with Crippen LogP contribution in [0.1, 0.15) is 39.8 Å². The van der Waals surface area contributed by atoms with E-state index >= 15 is 0 Å². The van der Waals surface area contributed by atoms with Gasteiger partial charge in [-0.3, -0.25) is 9.48 Å². The molecule has 1 fully saturated rings. The fraction of sp³-hybridized carbons (Fsp3) is 0.524. The Bertz CT molecular complexity index is 822. The molecule has 1 amide bonds. The summed E-state index contributed by atoms with van der Waals surface area (Å²) in [6, 6.07) is 5.97. The van der Waals surface area contributed by atoms with Gasteiger partial charge in [0.2, 0.25) is 0 Å². The van der Waals surface area contributed by atoms with Crippen LogP contribution in [0.3, 0.4) is 0 Å². The number of benzene rings is 1. The average Bonchev–Trinajstić information content (AvgIpc) is 2.89. The van der Waals surface area contributed by atoms with Crippen LogP contribution in [0.2, 0.25) is 0 Å². The van der Waals surface area contributed by atoms with Crippen molar-refractivity contribution < 1.29 is 9.53 Å². The van der Waals surface area contributed by atoms with Crippen LogP contribution < -0.4 is 10.2 Å². The molecule has 1 saturated heterocycles. The Morgan fingerprint density at radius 2 is 1.96 bits per heavy atom. The molecule has 6 nitrogen and oxygen atoms in total. The van der Waals surface area contributed by atoms with Crippen molar-refractivity contribution >= 4 is 11.6 Å². The number of rotatable bonds is 5. The average molecular weight is 370 g/mol. The number of aryl methyl sites for hydroxylation is 3. The Kier molecular flexibility index (Phi) is 5.85. The zero-order chi connectivity index (χ0) is 19.6. The minimum absolute atomic E-state index is 0.0313. The second kappa shape index (κ2) is 8.13. The van der Waals surface area contributed by atoms with Crippen LogP contribution in [0.5, 0.6) is 0 Å². The van der Waals surface area contributed by atoms with Gasteiger partial charge in [0, 0.05) is 43.1 Å². The van der Waals surface area contributed by atoms with Crippen LogP contribution in [-0.2, 0) is 18.2 Å². The van der Waals surface area contributed by atoms with Gasteiger partial charge in [-0.1, -0.05) is 6.07 Å². The number of nitrogens with one attached hydrogen (secondary N) is 1. The third-order valence-corrected chi connectivity index (χ3v) is 5.37. The fourth-order valence-corrected chi connectivity index (χ4v) is 3.67. The highest BCUT2D eigenvalue weighted by atomic mass is 16.5. The maximum Gasteiger partial charge on any atom is 0.251 e. The molecule has 1 N–H and O–H groups in total. The van der Waals surface area contributed by atoms with Gasteiger partial charge < -0.3 is 15.0 Å². The second-order valence-electron chi connectivity index (χ2n) is 7.45. The van der Waals surface area contributed by atoms with E-state index in [0.717, 1.165) is 49.8 Å². The van der Waals surface area contributed by atoms with Gasteiger partial charge >= 0.3 is 0 Å². The summed E-state index contributed by atoms with van der Waals surface area (Å²) in [7, 11) is 1.95. The number of aromatic nitrogens is 2. The molecular weight excluding hydrogens is 340 g/mol. The smallest absolute Gasteiger partial charge is 0.251 e. The minimum Gasteiger partial charge on any atom is -0.378 e. The van der Waals surface area contributed by atoms with Crippen LogP contribution in [-0.4, -0.2) is 48.0 Å². The topological polar surface area (TPSA) is 59.4 Å². The number of nitrogens with zero attached hydrogens (tertiary/aromatic N) is 3. The van der Waals surface area contributed by atoms with Gasteiger partial charge in [0.15, 0.2) is 0 Å². The summed E-state index contributed by atoms with van der Waals surface area (Å²) in [5, 5.41) is 7.60. The molecule has 2 aromatic rings. The number of ether oxygens (including phenoxy) is 1. The van der Waals surface area contributed by atoms with Gasteiger partial charge in [-0.05, 0) is 57.4 Å². The van der Waals surface area contributed by atoms with E-state index < -0.39 is 0 Å². The molecule has 27 heavy (non-hydrogen) atoms. The highest BCUT2D eigenvalue weighted by Crippen LogP contribution is 2.23. The summed E-state index contributed by atoms with van der Waals surface area (Å²) in [4.78, 5) is 15.1. The third-order valence-electron chi connectivity index (χ3n) is 5.37. The van der Waals surface area contributed by atoms with Crippen molar-refractivity contribution in [3.05, 3.63) is 46.3 Å². The number of hydrogen-bond acceptors (Lipinski definition) is 4. The first-order valence-corrected chi connectivity index (χ1v) is 9.60. The van der Waals surface area contributed by atoms with Gasteiger partial charge in [0.25, 0.3) is 5.91 Å². The zero-order valence-electron chi connectivity index (χ0n) is 17.0. The molecule has 0 radical (unpaired) electrons. The summed E-state index contributed by atoms with van der Waals surface area (Å²) in [5.74, 6) is -0.0313. The van der Waals surface area contributed by atoms with Crippen molar-refractivity contribution in [3.63, 3.8) is 0 Å². The Hall–Kier alpha value is -2.34. The molecule has 1 atom stereocenters. The molecule has 0 spiro atoms. The summed E-state index contributed by atoms with van der Waals surface area (Å²) in [6.07, 6.45) is 0.777. The first kappa shape index (κ1) is 19.4. The van der Waals surface area contributed by atoms with Crippen LogP contribution in [0.4, 0.5) is 5.69 Å². The molecule has 2 heterocycles. The highest BCUT2D eigenvalue weighted by molar-refractivity contribution is 5.95. The molecule has 1 aromatic heterocycles. The number of carbonyl (C=O) groups is 1. The Labute approximate surface area is 161 Å². The summed E-state index contributed by atoms with van der Waals surface area (Å²) >= 11 is 0. The predicted octanol–water partition coefficient (Wildman–Crippen LogP) is 2.54. The normalized spacial score (nSPS) is 15.7. The van der Waals surface area contributed by atoms with E-state index in [4.69, 9.17) is 4.74 Å². The molecule has 146 valence electrons. The van der Waals surface area contributed by atoms with Gasteiger partial charge in [0.05, 0.1) is 18.9 Å². The molecule has 1 aromatic carbocycles. The predicted molar refractivity (Wildman–Crippen MR) is 108 cm³/mol. The van der Waals surface area contributed by atoms with Crippen molar-refractivity contribution in [2.45, 2.75) is 40.2 Å². The van der Waals surface area contributed by atoms with Crippen molar-refractivity contribution in [2.24, 2.45) is 7.05 Å². The molecule has 0 aliphatic carbocycles. The maximum atomic E-state index is 12.8. The minimum atomic E-state index is -0.0313. The number of anilines is 1. The van der Waals surface area contributed by atoms with E-state index in [0.29, 0.717) is 5.56 Å². The SMILES string of the molecule is Cc1ccc(C(=O)N[C@@H](C)Cc2c(C)nn(C)c2C)cc1N1CCOCC1. The van der Waals surface area contributed by atoms with E-state index in [-0.39, 0.29) is 11.9 Å². The van der Waals surface area contributed by atoms with Gasteiger partial charge in [-0.15, -0.1) is 0 Å². The standard InChI is InChI=1S/C21H30N4O2/c1-14-6-7-18(13-20(14)25-8-10-27-11-9-25)21(26)22-15(2)12-19-16(3)23-24(5)17(19)4/h6-7,13,15H,8-12H2,1-5H3,(H,22,26)/t15-/m0/s1. The molecular formula is C21H30N4O2. The van der Waals surface area contributed by atoms with Crippen molar-refractivity contribution in [2.75, 3.05) is 31.2 Å². The summed E-state index contributed by atoms with van der Waals surface area (Å²) in [6.45, 7) is 11.4. The molecule has 1 aliphatic rings. The first-order valence-electron chi connectivity index (χ1n) is 9.60. The number of amides is 1. The van der Waals surface area contributed by atoms with Crippen LogP contribution >= 0.6 is 0 Å².